The van der Waals surface area contributed by atoms with Crippen molar-refractivity contribution in [3.05, 3.63) is 29.8 Å². The summed E-state index contributed by atoms with van der Waals surface area (Å²) in [5.74, 6) is 1.84. The number of esters is 1. The van der Waals surface area contributed by atoms with Crippen molar-refractivity contribution in [3.63, 3.8) is 0 Å². The number of ether oxygens (including phenoxy) is 2. The average molecular weight is 255 g/mol. The molecule has 1 aromatic carbocycles. The van der Waals surface area contributed by atoms with Crippen LogP contribution in [0.25, 0.3) is 0 Å². The molecule has 0 aliphatic heterocycles. The van der Waals surface area contributed by atoms with E-state index in [1.165, 1.54) is 12.7 Å². The minimum Gasteiger partial charge on any atom is -0.497 e. The Morgan fingerprint density at radius 3 is 2.53 bits per heavy atom. The lowest BCUT2D eigenvalue weighted by Gasteiger charge is -2.08. The maximum absolute atomic E-state index is 11.1. The topological polar surface area (TPSA) is 61.5 Å². The summed E-state index contributed by atoms with van der Waals surface area (Å²) in [6, 6.07) is 7.26. The second-order valence-electron chi connectivity index (χ2n) is 3.49. The van der Waals surface area contributed by atoms with Crippen molar-refractivity contribution in [1.29, 1.82) is 0 Å². The monoisotopic (exact) mass is 255 g/mol. The highest BCUT2D eigenvalue weighted by Gasteiger charge is 2.12. The number of hydrogen-bond acceptors (Lipinski definition) is 5. The number of hydrogen-bond donors (Lipinski definition) is 1. The van der Waals surface area contributed by atoms with Gasteiger partial charge in [0, 0.05) is 11.5 Å². The number of methoxy groups -OCH3 is 2. The van der Waals surface area contributed by atoms with E-state index in [9.17, 15) is 4.79 Å². The summed E-state index contributed by atoms with van der Waals surface area (Å²) in [5.41, 5.74) is 6.80. The van der Waals surface area contributed by atoms with Crippen molar-refractivity contribution in [2.75, 3.05) is 20.0 Å². The molecule has 0 bridgehead atoms. The molecule has 0 saturated heterocycles. The van der Waals surface area contributed by atoms with Gasteiger partial charge in [-0.1, -0.05) is 12.1 Å². The van der Waals surface area contributed by atoms with Gasteiger partial charge in [0.1, 0.15) is 11.8 Å². The minimum absolute atomic E-state index is 0.368. The lowest BCUT2D eigenvalue weighted by atomic mass is 10.2. The number of benzene rings is 1. The Morgan fingerprint density at radius 2 is 2.00 bits per heavy atom. The lowest BCUT2D eigenvalue weighted by molar-refractivity contribution is -0.141. The van der Waals surface area contributed by atoms with Crippen LogP contribution in [-0.4, -0.2) is 32.0 Å². The molecule has 0 aromatic heterocycles. The molecule has 0 fully saturated rings. The first-order valence-corrected chi connectivity index (χ1v) is 6.37. The molecule has 0 unspecified atom stereocenters. The summed E-state index contributed by atoms with van der Waals surface area (Å²) < 4.78 is 9.62. The third-order valence-corrected chi connectivity index (χ3v) is 3.36. The second kappa shape index (κ2) is 7.19. The fraction of sp³-hybridized carbons (Fsp3) is 0.417. The average Bonchev–Trinajstić information content (AvgIpc) is 2.38. The normalized spacial score (nSPS) is 11.9. The van der Waals surface area contributed by atoms with E-state index in [2.05, 4.69) is 4.74 Å². The van der Waals surface area contributed by atoms with Gasteiger partial charge in [0.15, 0.2) is 0 Å². The largest absolute Gasteiger partial charge is 0.497 e. The lowest BCUT2D eigenvalue weighted by Crippen LogP contribution is -2.33. The highest BCUT2D eigenvalue weighted by Crippen LogP contribution is 2.16. The summed E-state index contributed by atoms with van der Waals surface area (Å²) in [7, 11) is 2.98. The first-order valence-electron chi connectivity index (χ1n) is 5.21. The number of carbonyl (C=O) groups excluding carboxylic acids is 1. The van der Waals surface area contributed by atoms with Crippen LogP contribution in [0.3, 0.4) is 0 Å². The summed E-state index contributed by atoms with van der Waals surface area (Å²) in [6.45, 7) is 0. The molecule has 17 heavy (non-hydrogen) atoms. The molecule has 0 aliphatic carbocycles. The Bertz CT molecular complexity index is 353. The molecule has 94 valence electrons. The van der Waals surface area contributed by atoms with Crippen LogP contribution in [0.4, 0.5) is 0 Å². The summed E-state index contributed by atoms with van der Waals surface area (Å²) in [4.78, 5) is 11.1. The van der Waals surface area contributed by atoms with Crippen LogP contribution in [0.5, 0.6) is 5.75 Å². The molecule has 1 aromatic rings. The first-order chi connectivity index (χ1) is 8.17. The van der Waals surface area contributed by atoms with Crippen molar-refractivity contribution in [3.8, 4) is 5.75 Å². The Kier molecular flexibility index (Phi) is 5.86. The molecule has 0 spiro atoms. The summed E-state index contributed by atoms with van der Waals surface area (Å²) >= 11 is 1.60. The van der Waals surface area contributed by atoms with Crippen molar-refractivity contribution in [2.24, 2.45) is 5.73 Å². The number of thioether (sulfide) groups is 1. The molecule has 1 atom stereocenters. The van der Waals surface area contributed by atoms with E-state index in [0.29, 0.717) is 5.75 Å². The Labute approximate surface area is 105 Å². The van der Waals surface area contributed by atoms with Gasteiger partial charge < -0.3 is 15.2 Å². The molecule has 4 nitrogen and oxygen atoms in total. The highest BCUT2D eigenvalue weighted by atomic mass is 32.2. The van der Waals surface area contributed by atoms with E-state index >= 15 is 0 Å². The molecule has 5 heteroatoms. The SMILES string of the molecule is COC(=O)[C@H](N)CSCc1ccc(OC)cc1. The molecular weight excluding hydrogens is 238 g/mol. The van der Waals surface area contributed by atoms with Crippen LogP contribution in [0, 0.1) is 0 Å². The third-order valence-electron chi connectivity index (χ3n) is 2.23. The molecular formula is C12H17NO3S. The van der Waals surface area contributed by atoms with Gasteiger partial charge in [0.25, 0.3) is 0 Å². The molecule has 0 aliphatic rings. The van der Waals surface area contributed by atoms with Crippen molar-refractivity contribution in [1.82, 2.24) is 0 Å². The zero-order chi connectivity index (χ0) is 12.7. The van der Waals surface area contributed by atoms with E-state index < -0.39 is 6.04 Å². The Hall–Kier alpha value is -1.20. The fourth-order valence-electron chi connectivity index (χ4n) is 1.24. The molecule has 1 rings (SSSR count). The van der Waals surface area contributed by atoms with Crippen molar-refractivity contribution >= 4 is 17.7 Å². The van der Waals surface area contributed by atoms with Crippen molar-refractivity contribution in [2.45, 2.75) is 11.8 Å². The predicted molar refractivity (Wildman–Crippen MR) is 69.1 cm³/mol. The maximum atomic E-state index is 11.1. The molecule has 2 N–H and O–H groups in total. The molecule has 0 amide bonds. The van der Waals surface area contributed by atoms with E-state index in [1.807, 2.05) is 24.3 Å². The fourth-order valence-corrected chi connectivity index (χ4v) is 2.18. The van der Waals surface area contributed by atoms with Gasteiger partial charge >= 0.3 is 5.97 Å². The quantitative estimate of drug-likeness (QED) is 0.779. The highest BCUT2D eigenvalue weighted by molar-refractivity contribution is 7.98. The van der Waals surface area contributed by atoms with Gasteiger partial charge in [0.2, 0.25) is 0 Å². The zero-order valence-corrected chi connectivity index (χ0v) is 10.8. The maximum Gasteiger partial charge on any atom is 0.323 e. The van der Waals surface area contributed by atoms with E-state index in [-0.39, 0.29) is 5.97 Å². The van der Waals surface area contributed by atoms with Gasteiger partial charge in [-0.15, -0.1) is 0 Å². The van der Waals surface area contributed by atoms with Crippen LogP contribution in [0.2, 0.25) is 0 Å². The van der Waals surface area contributed by atoms with Crippen LogP contribution in [0.1, 0.15) is 5.56 Å². The summed E-state index contributed by atoms with van der Waals surface area (Å²) in [5, 5.41) is 0. The van der Waals surface area contributed by atoms with E-state index in [1.54, 1.807) is 18.9 Å². The van der Waals surface area contributed by atoms with Crippen LogP contribution >= 0.6 is 11.8 Å². The smallest absolute Gasteiger partial charge is 0.323 e. The number of carbonyl (C=O) groups is 1. The molecule has 0 radical (unpaired) electrons. The standard InChI is InChI=1S/C12H17NO3S/c1-15-10-5-3-9(4-6-10)7-17-8-11(13)12(14)16-2/h3-6,11H,7-8,13H2,1-2H3/t11-/m1/s1. The molecule has 0 heterocycles. The van der Waals surface area contributed by atoms with Gasteiger partial charge in [0.05, 0.1) is 14.2 Å². The second-order valence-corrected chi connectivity index (χ2v) is 4.52. The Balaban J connectivity index is 2.33. The van der Waals surface area contributed by atoms with Crippen LogP contribution in [0.15, 0.2) is 24.3 Å². The Morgan fingerprint density at radius 1 is 1.35 bits per heavy atom. The van der Waals surface area contributed by atoms with Crippen molar-refractivity contribution < 1.29 is 14.3 Å². The summed E-state index contributed by atoms with van der Waals surface area (Å²) in [6.07, 6.45) is 0. The predicted octanol–water partition coefficient (Wildman–Crippen LogP) is 1.43. The zero-order valence-electron chi connectivity index (χ0n) is 10.0. The molecule has 0 saturated carbocycles. The van der Waals surface area contributed by atoms with Crippen LogP contribution < -0.4 is 10.5 Å². The van der Waals surface area contributed by atoms with E-state index in [4.69, 9.17) is 10.5 Å². The first kappa shape index (κ1) is 13.9. The third kappa shape index (κ3) is 4.66. The van der Waals surface area contributed by atoms with E-state index in [0.717, 1.165) is 11.5 Å². The van der Waals surface area contributed by atoms with Gasteiger partial charge in [-0.25, -0.2) is 0 Å². The van der Waals surface area contributed by atoms with Crippen LogP contribution in [-0.2, 0) is 15.3 Å². The van der Waals surface area contributed by atoms with Gasteiger partial charge in [-0.2, -0.15) is 11.8 Å². The van der Waals surface area contributed by atoms with Gasteiger partial charge in [-0.3, -0.25) is 4.79 Å². The van der Waals surface area contributed by atoms with Gasteiger partial charge in [-0.05, 0) is 17.7 Å². The minimum atomic E-state index is -0.553. The number of rotatable bonds is 6. The number of nitrogens with two attached hydrogens (primary N) is 1.